The fraction of sp³-hybridized carbons (Fsp3) is 0.615. The van der Waals surface area contributed by atoms with Crippen molar-refractivity contribution < 1.29 is 5.11 Å². The van der Waals surface area contributed by atoms with Crippen LogP contribution in [0.2, 0.25) is 0 Å². The van der Waals surface area contributed by atoms with Gasteiger partial charge in [-0.2, -0.15) is 0 Å². The molecule has 1 aliphatic heterocycles. The van der Waals surface area contributed by atoms with E-state index in [1.54, 1.807) is 6.20 Å². The average Bonchev–Trinajstić information content (AvgIpc) is 2.39. The van der Waals surface area contributed by atoms with Gasteiger partial charge in [-0.25, -0.2) is 0 Å². The van der Waals surface area contributed by atoms with Gasteiger partial charge >= 0.3 is 0 Å². The lowest BCUT2D eigenvalue weighted by Gasteiger charge is -2.34. The summed E-state index contributed by atoms with van der Waals surface area (Å²) in [7, 11) is 0. The maximum absolute atomic E-state index is 10.2. The fourth-order valence-corrected chi connectivity index (χ4v) is 2.32. The number of rotatable bonds is 3. The van der Waals surface area contributed by atoms with Crippen LogP contribution >= 0.6 is 0 Å². The molecule has 1 fully saturated rings. The van der Waals surface area contributed by atoms with E-state index in [9.17, 15) is 5.11 Å². The lowest BCUT2D eigenvalue weighted by atomic mass is 10.0. The second-order valence-corrected chi connectivity index (χ2v) is 4.54. The third-order valence-corrected chi connectivity index (χ3v) is 3.41. The van der Waals surface area contributed by atoms with Crippen LogP contribution in [-0.2, 0) is 0 Å². The summed E-state index contributed by atoms with van der Waals surface area (Å²) in [6, 6.07) is 5.86. The molecule has 0 bridgehead atoms. The Labute approximate surface area is 97.1 Å². The molecule has 0 aliphatic carbocycles. The molecular formula is C13H20N2O. The summed E-state index contributed by atoms with van der Waals surface area (Å²) in [5.41, 5.74) is 0.778. The summed E-state index contributed by atoms with van der Waals surface area (Å²) in [5, 5.41) is 10.2. The highest BCUT2D eigenvalue weighted by Crippen LogP contribution is 2.21. The molecule has 1 aliphatic rings. The van der Waals surface area contributed by atoms with Crippen LogP contribution in [0.3, 0.4) is 0 Å². The summed E-state index contributed by atoms with van der Waals surface area (Å²) in [6.07, 6.45) is 5.09. The minimum Gasteiger partial charge on any atom is -0.385 e. The molecule has 0 aromatic carbocycles. The Morgan fingerprint density at radius 3 is 2.62 bits per heavy atom. The normalized spacial score (nSPS) is 21.6. The largest absolute Gasteiger partial charge is 0.385 e. The van der Waals surface area contributed by atoms with Crippen molar-refractivity contribution in [2.45, 2.75) is 38.3 Å². The van der Waals surface area contributed by atoms with E-state index in [1.807, 2.05) is 18.2 Å². The zero-order valence-electron chi connectivity index (χ0n) is 9.84. The molecule has 0 unspecified atom stereocenters. The minimum absolute atomic E-state index is 0.162. The Morgan fingerprint density at radius 2 is 2.00 bits per heavy atom. The molecule has 16 heavy (non-hydrogen) atoms. The molecule has 0 spiro atoms. The molecule has 3 nitrogen and oxygen atoms in total. The maximum Gasteiger partial charge on any atom is 0.111 e. The van der Waals surface area contributed by atoms with Crippen molar-refractivity contribution in [1.82, 2.24) is 9.88 Å². The third-order valence-electron chi connectivity index (χ3n) is 3.41. The van der Waals surface area contributed by atoms with Gasteiger partial charge in [0.2, 0.25) is 0 Å². The number of nitrogens with zero attached hydrogens (tertiary/aromatic N) is 2. The van der Waals surface area contributed by atoms with Gasteiger partial charge in [0.1, 0.15) is 6.10 Å². The van der Waals surface area contributed by atoms with Gasteiger partial charge in [0.25, 0.3) is 0 Å². The maximum atomic E-state index is 10.2. The lowest BCUT2D eigenvalue weighted by Crippen LogP contribution is -2.41. The molecule has 2 atom stereocenters. The Morgan fingerprint density at radius 1 is 1.25 bits per heavy atom. The van der Waals surface area contributed by atoms with Gasteiger partial charge in [0.05, 0.1) is 5.69 Å². The van der Waals surface area contributed by atoms with Gasteiger partial charge in [-0.15, -0.1) is 0 Å². The van der Waals surface area contributed by atoms with E-state index in [-0.39, 0.29) is 6.04 Å². The van der Waals surface area contributed by atoms with E-state index in [0.717, 1.165) is 18.8 Å². The van der Waals surface area contributed by atoms with Crippen molar-refractivity contribution in [3.8, 4) is 0 Å². The van der Waals surface area contributed by atoms with Gasteiger partial charge < -0.3 is 5.11 Å². The van der Waals surface area contributed by atoms with Crippen molar-refractivity contribution in [2.24, 2.45) is 0 Å². The van der Waals surface area contributed by atoms with Crippen LogP contribution in [0.5, 0.6) is 0 Å². The van der Waals surface area contributed by atoms with Gasteiger partial charge in [0.15, 0.2) is 0 Å². The molecule has 1 aromatic rings. The van der Waals surface area contributed by atoms with Gasteiger partial charge in [0, 0.05) is 12.2 Å². The van der Waals surface area contributed by atoms with Crippen LogP contribution in [0, 0.1) is 0 Å². The molecule has 1 saturated heterocycles. The molecule has 88 valence electrons. The van der Waals surface area contributed by atoms with Crippen molar-refractivity contribution >= 4 is 0 Å². The first-order valence-electron chi connectivity index (χ1n) is 6.12. The molecular weight excluding hydrogens is 200 g/mol. The lowest BCUT2D eigenvalue weighted by molar-refractivity contribution is 0.0445. The van der Waals surface area contributed by atoms with E-state index in [2.05, 4.69) is 16.8 Å². The predicted octanol–water partition coefficient (Wildman–Crippen LogP) is 1.99. The first-order valence-corrected chi connectivity index (χ1v) is 6.12. The van der Waals surface area contributed by atoms with Crippen LogP contribution in [0.15, 0.2) is 24.4 Å². The summed E-state index contributed by atoms with van der Waals surface area (Å²) in [5.74, 6) is 0. The number of aliphatic hydroxyl groups excluding tert-OH is 1. The first kappa shape index (κ1) is 11.6. The summed E-state index contributed by atoms with van der Waals surface area (Å²) in [4.78, 5) is 6.58. The van der Waals surface area contributed by atoms with E-state index in [0.29, 0.717) is 0 Å². The van der Waals surface area contributed by atoms with Gasteiger partial charge in [-0.05, 0) is 45.0 Å². The first-order chi connectivity index (χ1) is 7.79. The van der Waals surface area contributed by atoms with Crippen molar-refractivity contribution in [3.63, 3.8) is 0 Å². The van der Waals surface area contributed by atoms with E-state index in [1.165, 1.54) is 19.3 Å². The number of aliphatic hydroxyl groups is 1. The summed E-state index contributed by atoms with van der Waals surface area (Å²) in [6.45, 7) is 4.29. The number of likely N-dealkylation sites (tertiary alicyclic amines) is 1. The molecule has 2 heterocycles. The number of pyridine rings is 1. The number of aromatic nitrogens is 1. The quantitative estimate of drug-likeness (QED) is 0.846. The average molecular weight is 220 g/mol. The Hall–Kier alpha value is -0.930. The molecule has 0 saturated carbocycles. The van der Waals surface area contributed by atoms with Crippen molar-refractivity contribution in [1.29, 1.82) is 0 Å². The summed E-state index contributed by atoms with van der Waals surface area (Å²) < 4.78 is 0. The zero-order valence-corrected chi connectivity index (χ0v) is 9.84. The standard InChI is InChI=1S/C13H20N2O/c1-11(15-9-5-2-6-10-15)13(16)12-7-3-4-8-14-12/h3-4,7-8,11,13,16H,2,5-6,9-10H2,1H3/t11-,13-/m1/s1. The molecule has 1 N–H and O–H groups in total. The second kappa shape index (κ2) is 5.41. The molecule has 2 rings (SSSR count). The van der Waals surface area contributed by atoms with Crippen molar-refractivity contribution in [2.75, 3.05) is 13.1 Å². The monoisotopic (exact) mass is 220 g/mol. The highest BCUT2D eigenvalue weighted by molar-refractivity contribution is 5.08. The molecule has 1 aromatic heterocycles. The van der Waals surface area contributed by atoms with Crippen molar-refractivity contribution in [3.05, 3.63) is 30.1 Å². The molecule has 0 amide bonds. The van der Waals surface area contributed by atoms with Crippen LogP contribution in [0.1, 0.15) is 38.0 Å². The third kappa shape index (κ3) is 2.60. The smallest absolute Gasteiger partial charge is 0.111 e. The molecule has 3 heteroatoms. The van der Waals surface area contributed by atoms with Crippen LogP contribution in [-0.4, -0.2) is 34.1 Å². The predicted molar refractivity (Wildman–Crippen MR) is 64.1 cm³/mol. The fourth-order valence-electron chi connectivity index (χ4n) is 2.32. The highest BCUT2D eigenvalue weighted by atomic mass is 16.3. The van der Waals surface area contributed by atoms with E-state index in [4.69, 9.17) is 0 Å². The van der Waals surface area contributed by atoms with Gasteiger partial charge in [-0.1, -0.05) is 12.5 Å². The SMILES string of the molecule is C[C@H]([C@@H](O)c1ccccn1)N1CCCCC1. The Bertz CT molecular complexity index is 309. The number of hydrogen-bond donors (Lipinski definition) is 1. The Balaban J connectivity index is 2.00. The number of piperidine rings is 1. The zero-order chi connectivity index (χ0) is 11.4. The van der Waals surface area contributed by atoms with Gasteiger partial charge in [-0.3, -0.25) is 9.88 Å². The topological polar surface area (TPSA) is 36.4 Å². The van der Waals surface area contributed by atoms with Crippen LogP contribution < -0.4 is 0 Å². The van der Waals surface area contributed by atoms with Crippen LogP contribution in [0.25, 0.3) is 0 Å². The Kier molecular flexibility index (Phi) is 3.91. The number of hydrogen-bond acceptors (Lipinski definition) is 3. The second-order valence-electron chi connectivity index (χ2n) is 4.54. The van der Waals surface area contributed by atoms with E-state index < -0.39 is 6.10 Å². The van der Waals surface area contributed by atoms with E-state index >= 15 is 0 Å². The summed E-state index contributed by atoms with van der Waals surface area (Å²) >= 11 is 0. The van der Waals surface area contributed by atoms with Crippen LogP contribution in [0.4, 0.5) is 0 Å². The molecule has 0 radical (unpaired) electrons. The highest BCUT2D eigenvalue weighted by Gasteiger charge is 2.24. The minimum atomic E-state index is -0.473.